The maximum Gasteiger partial charge on any atom is 0.411 e. The van der Waals surface area contributed by atoms with E-state index >= 15 is 0 Å². The van der Waals surface area contributed by atoms with E-state index < -0.39 is 17.6 Å². The third-order valence-electron chi connectivity index (χ3n) is 6.24. The van der Waals surface area contributed by atoms with Gasteiger partial charge in [-0.3, -0.25) is 4.90 Å². The molecule has 1 amide bonds. The van der Waals surface area contributed by atoms with Crippen LogP contribution in [0.2, 0.25) is 0 Å². The minimum Gasteiger partial charge on any atom is -0.497 e. The standard InChI is InChI=1S/C29H28BrNO5S/c1-34-24-14-13-23(26(30)15-24)17-29(27(32)35-2)16-22(20-37-25-11-7-4-8-12-25)18-31(29)28(33)36-19-21-9-5-3-6-10-21/h3-15,20H,16-19H2,1-2H3/b22-20-/t29-/m0/s1. The van der Waals surface area contributed by atoms with Crippen molar-refractivity contribution < 1.29 is 23.8 Å². The number of carbonyl (C=O) groups excluding carboxylic acids is 2. The molecule has 6 nitrogen and oxygen atoms in total. The molecule has 1 fully saturated rings. The van der Waals surface area contributed by atoms with Gasteiger partial charge in [0.1, 0.15) is 12.4 Å². The number of nitrogens with zero attached hydrogens (tertiary/aromatic N) is 1. The fraction of sp³-hybridized carbons (Fsp3) is 0.241. The summed E-state index contributed by atoms with van der Waals surface area (Å²) in [6, 6.07) is 25.0. The Bertz CT molecular complexity index is 1270. The Labute approximate surface area is 229 Å². The Morgan fingerprint density at radius 3 is 2.38 bits per heavy atom. The van der Waals surface area contributed by atoms with Gasteiger partial charge in [0, 0.05) is 28.8 Å². The summed E-state index contributed by atoms with van der Waals surface area (Å²) in [6.07, 6.45) is 0.0168. The van der Waals surface area contributed by atoms with E-state index in [1.54, 1.807) is 18.9 Å². The topological polar surface area (TPSA) is 65.1 Å². The molecule has 0 aliphatic carbocycles. The monoisotopic (exact) mass is 581 g/mol. The van der Waals surface area contributed by atoms with Crippen molar-refractivity contribution in [3.8, 4) is 5.75 Å². The van der Waals surface area contributed by atoms with E-state index in [1.165, 1.54) is 12.0 Å². The maximum absolute atomic E-state index is 13.5. The SMILES string of the molecule is COC(=O)[C@@]1(Cc2ccc(OC)cc2Br)C/C(=C/Sc2ccccc2)CN1C(=O)OCc1ccccc1. The minimum atomic E-state index is -1.26. The second-order valence-electron chi connectivity index (χ2n) is 8.67. The Hall–Kier alpha value is -3.23. The van der Waals surface area contributed by atoms with E-state index in [0.29, 0.717) is 12.2 Å². The Morgan fingerprint density at radius 1 is 1.03 bits per heavy atom. The molecule has 1 atom stereocenters. The van der Waals surface area contributed by atoms with E-state index in [2.05, 4.69) is 15.9 Å². The summed E-state index contributed by atoms with van der Waals surface area (Å²) in [5.41, 5.74) is 1.40. The fourth-order valence-electron chi connectivity index (χ4n) is 4.36. The normalized spacial score (nSPS) is 18.0. The molecule has 4 rings (SSSR count). The number of hydrogen-bond donors (Lipinski definition) is 0. The predicted molar refractivity (Wildman–Crippen MR) is 147 cm³/mol. The summed E-state index contributed by atoms with van der Waals surface area (Å²) in [4.78, 5) is 29.5. The number of rotatable bonds is 8. The van der Waals surface area contributed by atoms with Gasteiger partial charge in [-0.2, -0.15) is 0 Å². The van der Waals surface area contributed by atoms with Gasteiger partial charge in [-0.25, -0.2) is 9.59 Å². The Morgan fingerprint density at radius 2 is 1.73 bits per heavy atom. The molecule has 1 saturated heterocycles. The first-order chi connectivity index (χ1) is 17.9. The molecule has 37 heavy (non-hydrogen) atoms. The molecule has 1 aliphatic rings. The van der Waals surface area contributed by atoms with E-state index in [4.69, 9.17) is 14.2 Å². The van der Waals surface area contributed by atoms with E-state index in [1.807, 2.05) is 84.3 Å². The number of halogens is 1. The predicted octanol–water partition coefficient (Wildman–Crippen LogP) is 6.63. The van der Waals surface area contributed by atoms with Crippen LogP contribution in [-0.4, -0.2) is 43.3 Å². The molecule has 0 aromatic heterocycles. The highest BCUT2D eigenvalue weighted by atomic mass is 79.9. The van der Waals surface area contributed by atoms with Crippen LogP contribution in [0, 0.1) is 0 Å². The van der Waals surface area contributed by atoms with Crippen LogP contribution < -0.4 is 4.74 Å². The number of thioether (sulfide) groups is 1. The molecule has 3 aromatic rings. The summed E-state index contributed by atoms with van der Waals surface area (Å²) in [5, 5.41) is 2.01. The molecular formula is C29H28BrNO5S. The van der Waals surface area contributed by atoms with Crippen LogP contribution in [0.5, 0.6) is 5.75 Å². The van der Waals surface area contributed by atoms with Gasteiger partial charge in [0.2, 0.25) is 0 Å². The van der Waals surface area contributed by atoms with Gasteiger partial charge in [0.25, 0.3) is 0 Å². The van der Waals surface area contributed by atoms with Crippen LogP contribution in [-0.2, 0) is 27.3 Å². The van der Waals surface area contributed by atoms with Gasteiger partial charge in [-0.15, -0.1) is 0 Å². The number of esters is 1. The summed E-state index contributed by atoms with van der Waals surface area (Å²) in [7, 11) is 2.95. The second-order valence-corrected chi connectivity index (χ2v) is 10.5. The first kappa shape index (κ1) is 26.8. The lowest BCUT2D eigenvalue weighted by atomic mass is 9.87. The van der Waals surface area contributed by atoms with Crippen molar-refractivity contribution in [3.63, 3.8) is 0 Å². The number of likely N-dealkylation sites (tertiary alicyclic amines) is 1. The van der Waals surface area contributed by atoms with Crippen molar-refractivity contribution in [1.29, 1.82) is 0 Å². The van der Waals surface area contributed by atoms with Crippen LogP contribution in [0.4, 0.5) is 4.79 Å². The van der Waals surface area contributed by atoms with Crippen LogP contribution in [0.3, 0.4) is 0 Å². The molecule has 0 radical (unpaired) electrons. The average Bonchev–Trinajstić information content (AvgIpc) is 3.31. The third kappa shape index (κ3) is 6.37. The van der Waals surface area contributed by atoms with Gasteiger partial charge >= 0.3 is 12.1 Å². The first-order valence-corrected chi connectivity index (χ1v) is 13.4. The zero-order valence-electron chi connectivity index (χ0n) is 20.7. The fourth-order valence-corrected chi connectivity index (χ4v) is 5.64. The van der Waals surface area contributed by atoms with Crippen molar-refractivity contribution in [2.24, 2.45) is 0 Å². The molecule has 192 valence electrons. The van der Waals surface area contributed by atoms with Gasteiger partial charge in [-0.1, -0.05) is 82.3 Å². The molecule has 0 saturated carbocycles. The Balaban J connectivity index is 1.67. The zero-order chi connectivity index (χ0) is 26.3. The number of hydrogen-bond acceptors (Lipinski definition) is 6. The van der Waals surface area contributed by atoms with Crippen molar-refractivity contribution in [3.05, 3.63) is 105 Å². The van der Waals surface area contributed by atoms with Crippen molar-refractivity contribution in [1.82, 2.24) is 4.90 Å². The molecule has 1 aliphatic heterocycles. The van der Waals surface area contributed by atoms with Gasteiger partial charge in [0.15, 0.2) is 5.54 Å². The molecule has 0 N–H and O–H groups in total. The van der Waals surface area contributed by atoms with Crippen molar-refractivity contribution in [2.45, 2.75) is 29.9 Å². The quantitative estimate of drug-likeness (QED) is 0.220. The Kier molecular flexibility index (Phi) is 8.95. The van der Waals surface area contributed by atoms with Crippen molar-refractivity contribution >= 4 is 39.8 Å². The van der Waals surface area contributed by atoms with Crippen LogP contribution in [0.25, 0.3) is 0 Å². The summed E-state index contributed by atoms with van der Waals surface area (Å²) in [6.45, 7) is 0.369. The molecule has 0 unspecified atom stereocenters. The summed E-state index contributed by atoms with van der Waals surface area (Å²) in [5.74, 6) is 0.202. The minimum absolute atomic E-state index is 0.109. The lowest BCUT2D eigenvalue weighted by Gasteiger charge is -2.35. The molecule has 3 aromatic carbocycles. The highest BCUT2D eigenvalue weighted by Gasteiger charge is 2.53. The number of ether oxygens (including phenoxy) is 3. The number of amides is 1. The van der Waals surface area contributed by atoms with E-state index in [0.717, 1.165) is 26.1 Å². The number of carbonyl (C=O) groups is 2. The molecule has 0 spiro atoms. The molecule has 8 heteroatoms. The first-order valence-electron chi connectivity index (χ1n) is 11.7. The van der Waals surface area contributed by atoms with Crippen LogP contribution >= 0.6 is 27.7 Å². The lowest BCUT2D eigenvalue weighted by molar-refractivity contribution is -0.152. The second kappa shape index (κ2) is 12.3. The summed E-state index contributed by atoms with van der Waals surface area (Å²) >= 11 is 5.16. The third-order valence-corrected chi connectivity index (χ3v) is 7.97. The van der Waals surface area contributed by atoms with Crippen LogP contribution in [0.15, 0.2) is 99.2 Å². The van der Waals surface area contributed by atoms with Crippen LogP contribution in [0.1, 0.15) is 17.5 Å². The van der Waals surface area contributed by atoms with Gasteiger partial charge < -0.3 is 14.2 Å². The molecule has 1 heterocycles. The zero-order valence-corrected chi connectivity index (χ0v) is 23.1. The highest BCUT2D eigenvalue weighted by molar-refractivity contribution is 9.10. The lowest BCUT2D eigenvalue weighted by Crippen LogP contribution is -2.55. The van der Waals surface area contributed by atoms with Gasteiger partial charge in [-0.05, 0) is 46.4 Å². The smallest absolute Gasteiger partial charge is 0.411 e. The van der Waals surface area contributed by atoms with Crippen molar-refractivity contribution in [2.75, 3.05) is 20.8 Å². The largest absolute Gasteiger partial charge is 0.497 e. The van der Waals surface area contributed by atoms with Gasteiger partial charge in [0.05, 0.1) is 14.2 Å². The van der Waals surface area contributed by atoms with E-state index in [-0.39, 0.29) is 19.6 Å². The highest BCUT2D eigenvalue weighted by Crippen LogP contribution is 2.41. The number of methoxy groups -OCH3 is 2. The molecule has 0 bridgehead atoms. The summed E-state index contributed by atoms with van der Waals surface area (Å²) < 4.78 is 17.1. The number of benzene rings is 3. The average molecular weight is 583 g/mol. The molecular weight excluding hydrogens is 554 g/mol. The van der Waals surface area contributed by atoms with E-state index in [9.17, 15) is 9.59 Å². The maximum atomic E-state index is 13.5.